The van der Waals surface area contributed by atoms with Gasteiger partial charge < -0.3 is 0 Å². The van der Waals surface area contributed by atoms with Crippen molar-refractivity contribution in [3.63, 3.8) is 0 Å². The van der Waals surface area contributed by atoms with Crippen LogP contribution in [0.5, 0.6) is 0 Å². The van der Waals surface area contributed by atoms with Crippen LogP contribution in [0, 0.1) is 6.92 Å². The van der Waals surface area contributed by atoms with E-state index >= 15 is 0 Å². The molecule has 1 aliphatic carbocycles. The maximum atomic E-state index is 6.46. The van der Waals surface area contributed by atoms with Crippen LogP contribution in [-0.2, 0) is 9.84 Å². The van der Waals surface area contributed by atoms with E-state index in [1.54, 1.807) is 34.2 Å². The molecule has 228 valence electrons. The first-order valence-corrected chi connectivity index (χ1v) is 28.8. The summed E-state index contributed by atoms with van der Waals surface area (Å²) in [7, 11) is -1.62. The predicted molar refractivity (Wildman–Crippen MR) is 190 cm³/mol. The Kier molecular flexibility index (Phi) is 13.0. The molecule has 1 atom stereocenters. The number of aryl methyl sites for hydroxylation is 1. The quantitative estimate of drug-likeness (QED) is 0.111. The summed E-state index contributed by atoms with van der Waals surface area (Å²) in [6.07, 6.45) is 14.9. The second-order valence-corrected chi connectivity index (χ2v) is 35.9. The fourth-order valence-electron chi connectivity index (χ4n) is 6.51. The molecule has 2 heterocycles. The molecular weight excluding hydrogens is 647 g/mol. The van der Waals surface area contributed by atoms with Crippen molar-refractivity contribution in [2.24, 2.45) is 0 Å². The third-order valence-electron chi connectivity index (χ3n) is 10.4. The summed E-state index contributed by atoms with van der Waals surface area (Å²) >= 11 is 1.93. The van der Waals surface area contributed by atoms with Gasteiger partial charge in [-0.15, -0.1) is 0 Å². The molecule has 2 aromatic rings. The van der Waals surface area contributed by atoms with Crippen molar-refractivity contribution in [3.05, 3.63) is 28.1 Å². The zero-order chi connectivity index (χ0) is 29.6. The predicted octanol–water partition coefficient (Wildman–Crippen LogP) is 12.4. The van der Waals surface area contributed by atoms with Crippen molar-refractivity contribution >= 4 is 52.3 Å². The normalized spacial score (nSPS) is 17.4. The molecule has 3 rings (SSSR count). The third kappa shape index (κ3) is 7.90. The van der Waals surface area contributed by atoms with Crippen molar-refractivity contribution < 1.29 is 4.43 Å². The number of unbranched alkanes of at least 4 members (excludes halogenated alkanes) is 6. The van der Waals surface area contributed by atoms with Crippen LogP contribution in [0.25, 0.3) is 9.75 Å². The van der Waals surface area contributed by atoms with Gasteiger partial charge in [-0.3, -0.25) is 0 Å². The Hall–Kier alpha value is 0.376. The van der Waals surface area contributed by atoms with Crippen LogP contribution in [0.2, 0.25) is 31.4 Å². The van der Waals surface area contributed by atoms with E-state index in [4.69, 9.17) is 4.43 Å². The standard InChI is InChI=1S/C23H35OS2Si.3C4H9.Sn/c1-17-16-19-21(26-17)20-18(12-15-25-20)23(19,5)13-10-8-9-11-14-24-27(6,7)22(2,3)4;3*1-3-4-2;/h12,16H,8-11,13-14H2,1-7H3;3*1,3-4H2,2H3;. The van der Waals surface area contributed by atoms with Crippen molar-refractivity contribution in [1.29, 1.82) is 0 Å². The molecule has 0 fully saturated rings. The fraction of sp³-hybridized carbons (Fsp3) is 0.771. The molecule has 5 heteroatoms. The van der Waals surface area contributed by atoms with Gasteiger partial charge in [-0.1, -0.05) is 20.8 Å². The molecular formula is C35H62OS2SiSn. The van der Waals surface area contributed by atoms with E-state index in [2.05, 4.69) is 103 Å². The Bertz CT molecular complexity index is 1040. The molecule has 1 unspecified atom stereocenters. The maximum absolute atomic E-state index is 6.46. The summed E-state index contributed by atoms with van der Waals surface area (Å²) < 4.78 is 13.1. The van der Waals surface area contributed by atoms with Crippen LogP contribution in [-0.4, -0.2) is 33.3 Å². The van der Waals surface area contributed by atoms with E-state index in [1.165, 1.54) is 75.5 Å². The average molecular weight is 710 g/mol. The van der Waals surface area contributed by atoms with Gasteiger partial charge >= 0.3 is 225 Å². The molecule has 0 saturated carbocycles. The van der Waals surface area contributed by atoms with Gasteiger partial charge in [0, 0.05) is 0 Å². The summed E-state index contributed by atoms with van der Waals surface area (Å²) in [5.74, 6) is 0. The zero-order valence-electron chi connectivity index (χ0n) is 28.0. The summed E-state index contributed by atoms with van der Waals surface area (Å²) in [6.45, 7) is 24.9. The number of hydrogen-bond acceptors (Lipinski definition) is 3. The molecule has 0 amide bonds. The van der Waals surface area contributed by atoms with E-state index in [0.717, 1.165) is 6.61 Å². The minimum atomic E-state index is -2.43. The van der Waals surface area contributed by atoms with Crippen LogP contribution in [0.3, 0.4) is 0 Å². The molecule has 1 aliphatic rings. The molecule has 0 saturated heterocycles. The molecule has 2 aromatic heterocycles. The summed E-state index contributed by atoms with van der Waals surface area (Å²) in [5, 5.41) is 0.309. The molecule has 0 N–H and O–H groups in total. The Morgan fingerprint density at radius 1 is 0.775 bits per heavy atom. The summed E-state index contributed by atoms with van der Waals surface area (Å²) in [6, 6.07) is 5.37. The van der Waals surface area contributed by atoms with E-state index in [-0.39, 0.29) is 5.41 Å². The number of fused-ring (bicyclic) bond motifs is 3. The van der Waals surface area contributed by atoms with Gasteiger partial charge in [0.2, 0.25) is 0 Å². The van der Waals surface area contributed by atoms with Crippen LogP contribution >= 0.6 is 22.7 Å². The molecule has 0 aromatic carbocycles. The molecule has 40 heavy (non-hydrogen) atoms. The van der Waals surface area contributed by atoms with Gasteiger partial charge in [0.1, 0.15) is 0 Å². The molecule has 1 nitrogen and oxygen atoms in total. The minimum absolute atomic E-state index is 0.208. The average Bonchev–Trinajstić information content (AvgIpc) is 3.56. The zero-order valence-corrected chi connectivity index (χ0v) is 33.5. The first-order valence-electron chi connectivity index (χ1n) is 16.7. The van der Waals surface area contributed by atoms with E-state index in [1.807, 2.05) is 2.89 Å². The van der Waals surface area contributed by atoms with Gasteiger partial charge in [0.05, 0.1) is 0 Å². The van der Waals surface area contributed by atoms with E-state index in [9.17, 15) is 0 Å². The van der Waals surface area contributed by atoms with Crippen LogP contribution in [0.4, 0.5) is 0 Å². The number of hydrogen-bond donors (Lipinski definition) is 0. The fourth-order valence-corrected chi connectivity index (χ4v) is 29.3. The van der Waals surface area contributed by atoms with Crippen LogP contribution in [0.15, 0.2) is 12.1 Å². The number of thiophene rings is 2. The van der Waals surface area contributed by atoms with Gasteiger partial charge in [0.15, 0.2) is 0 Å². The van der Waals surface area contributed by atoms with Crippen molar-refractivity contribution in [2.45, 2.75) is 163 Å². The second-order valence-electron chi connectivity index (χ2n) is 14.6. The van der Waals surface area contributed by atoms with E-state index in [0.29, 0.717) is 5.04 Å². The minimum Gasteiger partial charge on any atom is -0.0604 e. The Morgan fingerprint density at radius 2 is 1.30 bits per heavy atom. The molecule has 0 spiro atoms. The van der Waals surface area contributed by atoms with Crippen molar-refractivity contribution in [2.75, 3.05) is 6.61 Å². The topological polar surface area (TPSA) is 9.23 Å². The van der Waals surface area contributed by atoms with Crippen LogP contribution < -0.4 is 2.89 Å². The van der Waals surface area contributed by atoms with Crippen LogP contribution in [0.1, 0.15) is 135 Å². The summed E-state index contributed by atoms with van der Waals surface area (Å²) in [5.41, 5.74) is 3.58. The monoisotopic (exact) mass is 710 g/mol. The Balaban J connectivity index is 1.77. The van der Waals surface area contributed by atoms with Crippen molar-refractivity contribution in [1.82, 2.24) is 0 Å². The van der Waals surface area contributed by atoms with Gasteiger partial charge in [-0.05, 0) is 18.1 Å². The summed E-state index contributed by atoms with van der Waals surface area (Å²) in [4.78, 5) is 4.81. The van der Waals surface area contributed by atoms with Gasteiger partial charge in [-0.2, -0.15) is 0 Å². The smallest absolute Gasteiger partial charge is 0.0604 e. The number of rotatable bonds is 18. The molecule has 0 aliphatic heterocycles. The van der Waals surface area contributed by atoms with E-state index < -0.39 is 26.7 Å². The van der Waals surface area contributed by atoms with Gasteiger partial charge in [0.25, 0.3) is 0 Å². The Labute approximate surface area is 262 Å². The Morgan fingerprint density at radius 3 is 1.85 bits per heavy atom. The first-order chi connectivity index (χ1) is 18.8. The first kappa shape index (κ1) is 34.9. The molecule has 0 bridgehead atoms. The SMILES string of the molecule is CCC[CH2][Sn]([CH2]CCC)([CH2]CCC)[c]1cc2c(s1)-c1sc(C)cc1C2(C)CCCCCCO[Si](C)(C)C(C)(C)C. The van der Waals surface area contributed by atoms with Gasteiger partial charge in [-0.25, -0.2) is 0 Å². The second kappa shape index (κ2) is 14.9. The van der Waals surface area contributed by atoms with Crippen molar-refractivity contribution in [3.8, 4) is 9.75 Å². The molecule has 0 radical (unpaired) electrons. The third-order valence-corrected chi connectivity index (χ3v) is 35.5.